The van der Waals surface area contributed by atoms with Crippen molar-refractivity contribution in [3.05, 3.63) is 64.1 Å². The zero-order valence-electron chi connectivity index (χ0n) is 14.1. The molecule has 0 spiro atoms. The lowest BCUT2D eigenvalue weighted by Gasteiger charge is -2.25. The predicted molar refractivity (Wildman–Crippen MR) is 98.7 cm³/mol. The van der Waals surface area contributed by atoms with Crippen LogP contribution in [0.4, 0.5) is 0 Å². The van der Waals surface area contributed by atoms with Crippen molar-refractivity contribution in [2.45, 2.75) is 19.4 Å². The fourth-order valence-corrected chi connectivity index (χ4v) is 2.67. The summed E-state index contributed by atoms with van der Waals surface area (Å²) in [5.74, 6) is -0.882. The Morgan fingerprint density at radius 3 is 2.48 bits per heavy atom. The van der Waals surface area contributed by atoms with E-state index in [9.17, 15) is 14.7 Å². The molecule has 2 rings (SSSR count). The first-order chi connectivity index (χ1) is 11.9. The average molecular weight is 406 g/mol. The van der Waals surface area contributed by atoms with Gasteiger partial charge in [0.2, 0.25) is 0 Å². The lowest BCUT2D eigenvalue weighted by Crippen LogP contribution is -2.45. The summed E-state index contributed by atoms with van der Waals surface area (Å²) in [5.41, 5.74) is 1.92. The number of aryl methyl sites for hydroxylation is 1. The zero-order valence-corrected chi connectivity index (χ0v) is 15.7. The van der Waals surface area contributed by atoms with Gasteiger partial charge in [-0.3, -0.25) is 4.79 Å². The van der Waals surface area contributed by atoms with Crippen LogP contribution in [0.2, 0.25) is 0 Å². The molecule has 5 nitrogen and oxygen atoms in total. The molecule has 1 amide bonds. The van der Waals surface area contributed by atoms with Crippen LogP contribution in [0.15, 0.2) is 53.0 Å². The number of amides is 1. The highest BCUT2D eigenvalue weighted by atomic mass is 79.9. The van der Waals surface area contributed by atoms with E-state index in [-0.39, 0.29) is 18.9 Å². The van der Waals surface area contributed by atoms with Gasteiger partial charge in [0.1, 0.15) is 11.8 Å². The van der Waals surface area contributed by atoms with Crippen molar-refractivity contribution < 1.29 is 19.4 Å². The number of likely N-dealkylation sites (N-methyl/N-ethyl adjacent to an activating group) is 1. The minimum absolute atomic E-state index is 0.218. The van der Waals surface area contributed by atoms with Crippen LogP contribution in [0.3, 0.4) is 0 Å². The number of benzene rings is 2. The van der Waals surface area contributed by atoms with Gasteiger partial charge >= 0.3 is 5.97 Å². The SMILES string of the molecule is Cc1ccc(OCC(=O)N(C)[C@@H](Cc2ccccc2)C(=O)O)cc1Br. The second-order valence-electron chi connectivity index (χ2n) is 5.75. The molecule has 0 aromatic heterocycles. The minimum Gasteiger partial charge on any atom is -0.484 e. The quantitative estimate of drug-likeness (QED) is 0.767. The summed E-state index contributed by atoms with van der Waals surface area (Å²) in [6, 6.07) is 13.7. The van der Waals surface area contributed by atoms with E-state index in [1.165, 1.54) is 11.9 Å². The molecule has 0 saturated carbocycles. The molecule has 6 heteroatoms. The van der Waals surface area contributed by atoms with Crippen molar-refractivity contribution in [1.82, 2.24) is 4.90 Å². The van der Waals surface area contributed by atoms with Crippen molar-refractivity contribution in [1.29, 1.82) is 0 Å². The molecular formula is C19H20BrNO4. The molecule has 2 aromatic carbocycles. The molecular weight excluding hydrogens is 386 g/mol. The van der Waals surface area contributed by atoms with Crippen molar-refractivity contribution >= 4 is 27.8 Å². The fourth-order valence-electron chi connectivity index (χ4n) is 2.31. The molecule has 0 radical (unpaired) electrons. The third kappa shape index (κ3) is 5.32. The molecule has 2 aromatic rings. The number of hydrogen-bond acceptors (Lipinski definition) is 3. The lowest BCUT2D eigenvalue weighted by molar-refractivity contribution is -0.149. The predicted octanol–water partition coefficient (Wildman–Crippen LogP) is 3.29. The standard InChI is InChI=1S/C19H20BrNO4/c1-13-8-9-15(11-16(13)20)25-12-18(22)21(2)17(19(23)24)10-14-6-4-3-5-7-14/h3-9,11,17H,10,12H2,1-2H3,(H,23,24)/t17-/m0/s1. The van der Waals surface area contributed by atoms with E-state index in [0.717, 1.165) is 15.6 Å². The molecule has 1 N–H and O–H groups in total. The Hall–Kier alpha value is -2.34. The van der Waals surface area contributed by atoms with Gasteiger partial charge in [0.15, 0.2) is 6.61 Å². The third-order valence-electron chi connectivity index (χ3n) is 3.92. The summed E-state index contributed by atoms with van der Waals surface area (Å²) in [4.78, 5) is 25.1. The topological polar surface area (TPSA) is 66.8 Å². The molecule has 1 atom stereocenters. The normalized spacial score (nSPS) is 11.6. The third-order valence-corrected chi connectivity index (χ3v) is 4.78. The van der Waals surface area contributed by atoms with Gasteiger partial charge in [-0.05, 0) is 30.2 Å². The van der Waals surface area contributed by atoms with Crippen LogP contribution in [0.25, 0.3) is 0 Å². The molecule has 0 aliphatic carbocycles. The van der Waals surface area contributed by atoms with E-state index in [1.54, 1.807) is 12.1 Å². The molecule has 0 unspecified atom stereocenters. The van der Waals surface area contributed by atoms with Gasteiger partial charge in [-0.25, -0.2) is 4.79 Å². The molecule has 0 heterocycles. The second kappa shape index (κ2) is 8.67. The first kappa shape index (κ1) is 19.0. The molecule has 132 valence electrons. The summed E-state index contributed by atoms with van der Waals surface area (Å²) in [6.45, 7) is 1.73. The van der Waals surface area contributed by atoms with E-state index in [2.05, 4.69) is 15.9 Å². The second-order valence-corrected chi connectivity index (χ2v) is 6.60. The van der Waals surface area contributed by atoms with Crippen LogP contribution in [0.1, 0.15) is 11.1 Å². The number of rotatable bonds is 7. The summed E-state index contributed by atoms with van der Waals surface area (Å²) >= 11 is 3.41. The number of carbonyl (C=O) groups is 2. The Kier molecular flexibility index (Phi) is 6.58. The highest BCUT2D eigenvalue weighted by Crippen LogP contribution is 2.22. The van der Waals surface area contributed by atoms with E-state index in [0.29, 0.717) is 5.75 Å². The Morgan fingerprint density at radius 2 is 1.88 bits per heavy atom. The zero-order chi connectivity index (χ0) is 18.4. The van der Waals surface area contributed by atoms with E-state index in [4.69, 9.17) is 4.74 Å². The van der Waals surface area contributed by atoms with Gasteiger partial charge in [-0.1, -0.05) is 52.3 Å². The van der Waals surface area contributed by atoms with Crippen molar-refractivity contribution in [3.8, 4) is 5.75 Å². The van der Waals surface area contributed by atoms with Gasteiger partial charge in [0.05, 0.1) is 0 Å². The number of carboxylic acid groups (broad SMARTS) is 1. The van der Waals surface area contributed by atoms with Crippen molar-refractivity contribution in [3.63, 3.8) is 0 Å². The Morgan fingerprint density at radius 1 is 1.20 bits per heavy atom. The number of halogens is 1. The largest absolute Gasteiger partial charge is 0.484 e. The van der Waals surface area contributed by atoms with Crippen LogP contribution >= 0.6 is 15.9 Å². The fraction of sp³-hybridized carbons (Fsp3) is 0.263. The average Bonchev–Trinajstić information content (AvgIpc) is 2.60. The highest BCUT2D eigenvalue weighted by molar-refractivity contribution is 9.10. The smallest absolute Gasteiger partial charge is 0.326 e. The Balaban J connectivity index is 2.00. The maximum atomic E-state index is 12.3. The van der Waals surface area contributed by atoms with Gasteiger partial charge in [-0.15, -0.1) is 0 Å². The van der Waals surface area contributed by atoms with Crippen LogP contribution in [0.5, 0.6) is 5.75 Å². The molecule has 0 aliphatic heterocycles. The molecule has 0 saturated heterocycles. The van der Waals surface area contributed by atoms with Crippen LogP contribution < -0.4 is 4.74 Å². The summed E-state index contributed by atoms with van der Waals surface area (Å²) in [6.07, 6.45) is 0.245. The van der Waals surface area contributed by atoms with Crippen LogP contribution in [-0.4, -0.2) is 41.6 Å². The molecule has 0 bridgehead atoms. The maximum Gasteiger partial charge on any atom is 0.326 e. The molecule has 0 fully saturated rings. The Labute approximate surface area is 155 Å². The first-order valence-electron chi connectivity index (χ1n) is 7.80. The number of hydrogen-bond donors (Lipinski definition) is 1. The monoisotopic (exact) mass is 405 g/mol. The highest BCUT2D eigenvalue weighted by Gasteiger charge is 2.27. The van der Waals surface area contributed by atoms with Crippen LogP contribution in [-0.2, 0) is 16.0 Å². The number of carboxylic acids is 1. The maximum absolute atomic E-state index is 12.3. The number of nitrogens with zero attached hydrogens (tertiary/aromatic N) is 1. The van der Waals surface area contributed by atoms with Gasteiger partial charge in [0.25, 0.3) is 5.91 Å². The lowest BCUT2D eigenvalue weighted by atomic mass is 10.1. The minimum atomic E-state index is -1.04. The first-order valence-corrected chi connectivity index (χ1v) is 8.59. The van der Waals surface area contributed by atoms with Crippen molar-refractivity contribution in [2.24, 2.45) is 0 Å². The number of ether oxygens (including phenoxy) is 1. The van der Waals surface area contributed by atoms with Crippen LogP contribution in [0, 0.1) is 6.92 Å². The summed E-state index contributed by atoms with van der Waals surface area (Å²) in [7, 11) is 1.48. The van der Waals surface area contributed by atoms with E-state index in [1.807, 2.05) is 43.3 Å². The number of carbonyl (C=O) groups excluding carboxylic acids is 1. The summed E-state index contributed by atoms with van der Waals surface area (Å²) in [5, 5.41) is 9.47. The van der Waals surface area contributed by atoms with Gasteiger partial charge < -0.3 is 14.7 Å². The summed E-state index contributed by atoms with van der Waals surface area (Å²) < 4.78 is 6.38. The Bertz CT molecular complexity index is 748. The van der Waals surface area contributed by atoms with Crippen molar-refractivity contribution in [2.75, 3.05) is 13.7 Å². The van der Waals surface area contributed by atoms with E-state index < -0.39 is 12.0 Å². The van der Waals surface area contributed by atoms with Gasteiger partial charge in [0, 0.05) is 17.9 Å². The van der Waals surface area contributed by atoms with E-state index >= 15 is 0 Å². The molecule has 25 heavy (non-hydrogen) atoms. The van der Waals surface area contributed by atoms with Gasteiger partial charge in [-0.2, -0.15) is 0 Å². The number of aliphatic carboxylic acids is 1. The molecule has 0 aliphatic rings.